The Labute approximate surface area is 183 Å². The topological polar surface area (TPSA) is 42.4 Å². The van der Waals surface area contributed by atoms with Crippen molar-refractivity contribution in [2.24, 2.45) is 0 Å². The molecule has 30 heavy (non-hydrogen) atoms. The van der Waals surface area contributed by atoms with Crippen molar-refractivity contribution in [3.63, 3.8) is 0 Å². The van der Waals surface area contributed by atoms with E-state index in [4.69, 9.17) is 9.72 Å². The SMILES string of the molecule is CCCN(Cc1csc(COc2ccccc2C(C)C)n1)C(=O)c1cccc(C)c1. The zero-order valence-corrected chi connectivity index (χ0v) is 19.0. The Morgan fingerprint density at radius 2 is 1.97 bits per heavy atom. The Bertz CT molecular complexity index is 981. The lowest BCUT2D eigenvalue weighted by atomic mass is 10.0. The lowest BCUT2D eigenvalue weighted by Gasteiger charge is -2.21. The fourth-order valence-electron chi connectivity index (χ4n) is 3.39. The summed E-state index contributed by atoms with van der Waals surface area (Å²) in [6, 6.07) is 15.9. The fraction of sp³-hybridized carbons (Fsp3) is 0.360. The molecule has 3 rings (SSSR count). The maximum atomic E-state index is 13.0. The van der Waals surface area contributed by atoms with Gasteiger partial charge in [0.25, 0.3) is 5.91 Å². The van der Waals surface area contributed by atoms with Crippen LogP contribution >= 0.6 is 11.3 Å². The van der Waals surface area contributed by atoms with Gasteiger partial charge in [-0.25, -0.2) is 4.98 Å². The maximum absolute atomic E-state index is 13.0. The van der Waals surface area contributed by atoms with Gasteiger partial charge < -0.3 is 9.64 Å². The lowest BCUT2D eigenvalue weighted by molar-refractivity contribution is 0.0741. The lowest BCUT2D eigenvalue weighted by Crippen LogP contribution is -2.31. The fourth-order valence-corrected chi connectivity index (χ4v) is 4.09. The van der Waals surface area contributed by atoms with E-state index in [0.29, 0.717) is 25.6 Å². The molecular weight excluding hydrogens is 392 g/mol. The van der Waals surface area contributed by atoms with E-state index in [1.54, 1.807) is 11.3 Å². The number of hydrogen-bond acceptors (Lipinski definition) is 4. The Hall–Kier alpha value is -2.66. The number of thiazole rings is 1. The van der Waals surface area contributed by atoms with Gasteiger partial charge in [-0.1, -0.05) is 56.7 Å². The van der Waals surface area contributed by atoms with Crippen molar-refractivity contribution < 1.29 is 9.53 Å². The van der Waals surface area contributed by atoms with Gasteiger partial charge in [0.05, 0.1) is 12.2 Å². The summed E-state index contributed by atoms with van der Waals surface area (Å²) in [6.45, 7) is 10.1. The summed E-state index contributed by atoms with van der Waals surface area (Å²) in [7, 11) is 0. The van der Waals surface area contributed by atoms with Crippen molar-refractivity contribution in [1.29, 1.82) is 0 Å². The van der Waals surface area contributed by atoms with E-state index < -0.39 is 0 Å². The second-order valence-electron chi connectivity index (χ2n) is 7.81. The smallest absolute Gasteiger partial charge is 0.254 e. The average Bonchev–Trinajstić information content (AvgIpc) is 3.19. The third-order valence-corrected chi connectivity index (χ3v) is 5.76. The number of benzene rings is 2. The van der Waals surface area contributed by atoms with Gasteiger partial charge in [0.15, 0.2) is 0 Å². The van der Waals surface area contributed by atoms with Crippen molar-refractivity contribution in [2.75, 3.05) is 6.54 Å². The number of carbonyl (C=O) groups excluding carboxylic acids is 1. The Balaban J connectivity index is 1.66. The molecule has 3 aromatic rings. The minimum atomic E-state index is 0.0530. The molecule has 0 bridgehead atoms. The van der Waals surface area contributed by atoms with Gasteiger partial charge in [-0.2, -0.15) is 0 Å². The number of aromatic nitrogens is 1. The number of amides is 1. The van der Waals surface area contributed by atoms with Crippen molar-refractivity contribution in [3.05, 3.63) is 81.3 Å². The monoisotopic (exact) mass is 422 g/mol. The predicted molar refractivity (Wildman–Crippen MR) is 123 cm³/mol. The van der Waals surface area contributed by atoms with Gasteiger partial charge >= 0.3 is 0 Å². The maximum Gasteiger partial charge on any atom is 0.254 e. The van der Waals surface area contributed by atoms with E-state index in [-0.39, 0.29) is 5.91 Å². The highest BCUT2D eigenvalue weighted by Gasteiger charge is 2.17. The average molecular weight is 423 g/mol. The standard InChI is InChI=1S/C25H30N2O2S/c1-5-13-27(25(28)20-10-8-9-19(4)14-20)15-21-17-30-24(26-21)16-29-23-12-7-6-11-22(23)18(2)3/h6-12,14,17-18H,5,13,15-16H2,1-4H3. The molecule has 5 heteroatoms. The molecule has 0 saturated heterocycles. The van der Waals surface area contributed by atoms with Crippen LogP contribution in [-0.4, -0.2) is 22.3 Å². The summed E-state index contributed by atoms with van der Waals surface area (Å²) in [5.74, 6) is 1.37. The largest absolute Gasteiger partial charge is 0.486 e. The molecule has 0 N–H and O–H groups in total. The van der Waals surface area contributed by atoms with E-state index in [9.17, 15) is 4.79 Å². The number of nitrogens with zero attached hydrogens (tertiary/aromatic N) is 2. The van der Waals surface area contributed by atoms with Crippen LogP contribution in [0, 0.1) is 6.92 Å². The van der Waals surface area contributed by atoms with Crippen LogP contribution in [0.2, 0.25) is 0 Å². The summed E-state index contributed by atoms with van der Waals surface area (Å²) in [5, 5.41) is 2.95. The number of carbonyl (C=O) groups is 1. The van der Waals surface area contributed by atoms with E-state index in [1.807, 2.05) is 59.7 Å². The molecule has 0 aliphatic carbocycles. The van der Waals surface area contributed by atoms with Crippen LogP contribution in [0.5, 0.6) is 5.75 Å². The molecule has 0 atom stereocenters. The summed E-state index contributed by atoms with van der Waals surface area (Å²) in [4.78, 5) is 19.6. The minimum Gasteiger partial charge on any atom is -0.486 e. The molecule has 2 aromatic carbocycles. The second-order valence-corrected chi connectivity index (χ2v) is 8.75. The Kier molecular flexibility index (Phi) is 7.63. The first-order valence-electron chi connectivity index (χ1n) is 10.5. The van der Waals surface area contributed by atoms with Gasteiger partial charge in [0, 0.05) is 17.5 Å². The number of ether oxygens (including phenoxy) is 1. The summed E-state index contributed by atoms with van der Waals surface area (Å²) >= 11 is 1.58. The molecule has 0 aliphatic rings. The zero-order valence-electron chi connectivity index (χ0n) is 18.2. The van der Waals surface area contributed by atoms with E-state index in [0.717, 1.165) is 34.0 Å². The first kappa shape index (κ1) is 22.0. The highest BCUT2D eigenvalue weighted by atomic mass is 32.1. The molecule has 0 spiro atoms. The van der Waals surface area contributed by atoms with Crippen LogP contribution in [0.4, 0.5) is 0 Å². The molecule has 1 amide bonds. The molecule has 1 heterocycles. The quantitative estimate of drug-likeness (QED) is 0.412. The molecule has 0 fully saturated rings. The van der Waals surface area contributed by atoms with Crippen molar-refractivity contribution in [3.8, 4) is 5.75 Å². The second kappa shape index (κ2) is 10.4. The van der Waals surface area contributed by atoms with Crippen LogP contribution in [-0.2, 0) is 13.2 Å². The molecule has 0 radical (unpaired) electrons. The summed E-state index contributed by atoms with van der Waals surface area (Å²) < 4.78 is 6.05. The first-order valence-corrected chi connectivity index (χ1v) is 11.4. The van der Waals surface area contributed by atoms with Crippen LogP contribution in [0.25, 0.3) is 0 Å². The third-order valence-electron chi connectivity index (χ3n) is 4.89. The normalized spacial score (nSPS) is 11.0. The molecule has 4 nitrogen and oxygen atoms in total. The van der Waals surface area contributed by atoms with Crippen molar-refractivity contribution >= 4 is 17.2 Å². The number of hydrogen-bond donors (Lipinski definition) is 0. The molecule has 0 unspecified atom stereocenters. The van der Waals surface area contributed by atoms with Gasteiger partial charge in [-0.3, -0.25) is 4.79 Å². The van der Waals surface area contributed by atoms with Crippen LogP contribution in [0.3, 0.4) is 0 Å². The van der Waals surface area contributed by atoms with Gasteiger partial charge in [0.1, 0.15) is 17.4 Å². The predicted octanol–water partition coefficient (Wildman–Crippen LogP) is 6.21. The summed E-state index contributed by atoms with van der Waals surface area (Å²) in [6.07, 6.45) is 0.906. The first-order chi connectivity index (χ1) is 14.5. The molecule has 1 aromatic heterocycles. The highest BCUT2D eigenvalue weighted by molar-refractivity contribution is 7.09. The third kappa shape index (κ3) is 5.70. The summed E-state index contributed by atoms with van der Waals surface area (Å²) in [5.41, 5.74) is 3.93. The van der Waals surface area contributed by atoms with Crippen molar-refractivity contribution in [1.82, 2.24) is 9.88 Å². The molecular formula is C25H30N2O2S. The van der Waals surface area contributed by atoms with E-state index in [2.05, 4.69) is 26.8 Å². The van der Waals surface area contributed by atoms with Gasteiger partial charge in [-0.15, -0.1) is 11.3 Å². The number of rotatable bonds is 9. The number of para-hydroxylation sites is 1. The molecule has 0 saturated carbocycles. The van der Waals surface area contributed by atoms with Gasteiger partial charge in [0.2, 0.25) is 0 Å². The Morgan fingerprint density at radius 1 is 1.17 bits per heavy atom. The number of aryl methyl sites for hydroxylation is 1. The van der Waals surface area contributed by atoms with Crippen LogP contribution in [0.1, 0.15) is 65.3 Å². The van der Waals surface area contributed by atoms with Crippen molar-refractivity contribution in [2.45, 2.75) is 53.2 Å². The highest BCUT2D eigenvalue weighted by Crippen LogP contribution is 2.27. The van der Waals surface area contributed by atoms with E-state index >= 15 is 0 Å². The van der Waals surface area contributed by atoms with E-state index in [1.165, 1.54) is 5.56 Å². The van der Waals surface area contributed by atoms with Crippen LogP contribution < -0.4 is 4.74 Å². The van der Waals surface area contributed by atoms with Gasteiger partial charge in [-0.05, 0) is 43.0 Å². The molecule has 158 valence electrons. The molecule has 0 aliphatic heterocycles. The zero-order chi connectivity index (χ0) is 21.5. The van der Waals surface area contributed by atoms with Crippen LogP contribution in [0.15, 0.2) is 53.9 Å². The Morgan fingerprint density at radius 3 is 2.70 bits per heavy atom. The minimum absolute atomic E-state index is 0.0530.